The molecule has 196 valence electrons. The highest BCUT2D eigenvalue weighted by Gasteiger charge is 2.34. The van der Waals surface area contributed by atoms with Gasteiger partial charge in [-0.25, -0.2) is 8.42 Å². The molecular formula is C29H35N3O4S. The number of nitrogens with zero attached hydrogens (tertiary/aromatic N) is 2. The highest BCUT2D eigenvalue weighted by Crippen LogP contribution is 2.28. The van der Waals surface area contributed by atoms with Gasteiger partial charge in [-0.15, -0.1) is 0 Å². The molecule has 0 aliphatic heterocycles. The minimum absolute atomic E-state index is 0.102. The fraction of sp³-hybridized carbons (Fsp3) is 0.310. The lowest BCUT2D eigenvalue weighted by Gasteiger charge is -2.33. The van der Waals surface area contributed by atoms with Gasteiger partial charge in [0.25, 0.3) is 10.0 Å². The van der Waals surface area contributed by atoms with Crippen molar-refractivity contribution in [2.24, 2.45) is 0 Å². The lowest BCUT2D eigenvalue weighted by atomic mass is 10.1. The molecule has 0 spiro atoms. The molecule has 0 heterocycles. The van der Waals surface area contributed by atoms with Gasteiger partial charge >= 0.3 is 0 Å². The van der Waals surface area contributed by atoms with Gasteiger partial charge in [0.1, 0.15) is 12.6 Å². The normalized spacial score (nSPS) is 12.0. The summed E-state index contributed by atoms with van der Waals surface area (Å²) in [5, 5.41) is 2.64. The van der Waals surface area contributed by atoms with E-state index >= 15 is 0 Å². The predicted molar refractivity (Wildman–Crippen MR) is 147 cm³/mol. The maximum atomic E-state index is 13.9. The molecule has 1 N–H and O–H groups in total. The third-order valence-electron chi connectivity index (χ3n) is 6.36. The number of amides is 2. The van der Waals surface area contributed by atoms with Crippen molar-refractivity contribution >= 4 is 27.5 Å². The third-order valence-corrected chi connectivity index (χ3v) is 8.13. The number of anilines is 1. The largest absolute Gasteiger partial charge is 0.357 e. The Morgan fingerprint density at radius 2 is 1.51 bits per heavy atom. The van der Waals surface area contributed by atoms with Gasteiger partial charge in [-0.05, 0) is 49.1 Å². The van der Waals surface area contributed by atoms with E-state index < -0.39 is 28.5 Å². The molecule has 1 atom stereocenters. The van der Waals surface area contributed by atoms with Crippen LogP contribution in [-0.4, -0.2) is 44.8 Å². The average molecular weight is 522 g/mol. The highest BCUT2D eigenvalue weighted by atomic mass is 32.2. The van der Waals surface area contributed by atoms with Gasteiger partial charge in [0.2, 0.25) is 11.8 Å². The summed E-state index contributed by atoms with van der Waals surface area (Å²) in [6, 6.07) is 22.4. The number of benzene rings is 3. The summed E-state index contributed by atoms with van der Waals surface area (Å²) < 4.78 is 29.0. The number of para-hydroxylation sites is 1. The van der Waals surface area contributed by atoms with Crippen molar-refractivity contribution < 1.29 is 18.0 Å². The number of sulfonamides is 1. The maximum Gasteiger partial charge on any atom is 0.264 e. The van der Waals surface area contributed by atoms with E-state index in [0.29, 0.717) is 18.5 Å². The van der Waals surface area contributed by atoms with Gasteiger partial charge in [0.05, 0.1) is 10.6 Å². The zero-order valence-electron chi connectivity index (χ0n) is 21.8. The Bertz CT molecular complexity index is 1310. The van der Waals surface area contributed by atoms with E-state index in [0.717, 1.165) is 16.7 Å². The molecular weight excluding hydrogens is 486 g/mol. The van der Waals surface area contributed by atoms with Gasteiger partial charge in [-0.1, -0.05) is 80.1 Å². The molecule has 8 heteroatoms. The van der Waals surface area contributed by atoms with Crippen LogP contribution in [0.4, 0.5) is 5.69 Å². The molecule has 0 aromatic heterocycles. The van der Waals surface area contributed by atoms with Gasteiger partial charge in [-0.2, -0.15) is 0 Å². The number of aryl methyl sites for hydroxylation is 2. The fourth-order valence-corrected chi connectivity index (χ4v) is 5.72. The first kappa shape index (κ1) is 27.9. The molecule has 0 fully saturated rings. The molecule has 0 saturated carbocycles. The van der Waals surface area contributed by atoms with Crippen LogP contribution in [0.2, 0.25) is 0 Å². The van der Waals surface area contributed by atoms with Gasteiger partial charge < -0.3 is 10.2 Å². The van der Waals surface area contributed by atoms with Crippen molar-refractivity contribution in [3.05, 3.63) is 95.6 Å². The Hall–Kier alpha value is -3.65. The van der Waals surface area contributed by atoms with E-state index in [-0.39, 0.29) is 17.3 Å². The zero-order valence-corrected chi connectivity index (χ0v) is 22.7. The summed E-state index contributed by atoms with van der Waals surface area (Å²) in [7, 11) is -2.55. The number of likely N-dealkylation sites (N-methyl/N-ethyl adjacent to an activating group) is 1. The van der Waals surface area contributed by atoms with E-state index in [4.69, 9.17) is 0 Å². The lowest BCUT2D eigenvalue weighted by molar-refractivity contribution is -0.140. The molecule has 0 aliphatic carbocycles. The maximum absolute atomic E-state index is 13.9. The standard InChI is InChI=1S/C29H35N3O4S/c1-5-24-14-10-11-15-27(24)32(37(35,36)25-18-16-22(3)17-19-25)21-28(33)31(26(6-2)29(34)30-4)20-23-12-8-7-9-13-23/h7-19,26H,5-6,20-21H2,1-4H3,(H,30,34)/t26-/m0/s1. The van der Waals surface area contributed by atoms with Crippen LogP contribution in [0.5, 0.6) is 0 Å². The molecule has 2 amide bonds. The number of nitrogens with one attached hydrogen (secondary N) is 1. The van der Waals surface area contributed by atoms with Crippen LogP contribution in [-0.2, 0) is 32.6 Å². The summed E-state index contributed by atoms with van der Waals surface area (Å²) in [5.74, 6) is -0.755. The minimum atomic E-state index is -4.08. The molecule has 0 saturated heterocycles. The molecule has 3 rings (SSSR count). The number of carbonyl (C=O) groups is 2. The smallest absolute Gasteiger partial charge is 0.264 e. The van der Waals surface area contributed by atoms with Crippen molar-refractivity contribution in [2.75, 3.05) is 17.9 Å². The molecule has 7 nitrogen and oxygen atoms in total. The number of hydrogen-bond acceptors (Lipinski definition) is 4. The first-order valence-electron chi connectivity index (χ1n) is 12.4. The predicted octanol–water partition coefficient (Wildman–Crippen LogP) is 4.31. The first-order chi connectivity index (χ1) is 17.7. The average Bonchev–Trinajstić information content (AvgIpc) is 2.92. The van der Waals surface area contributed by atoms with Crippen molar-refractivity contribution in [1.29, 1.82) is 0 Å². The number of rotatable bonds is 11. The second kappa shape index (κ2) is 12.5. The Balaban J connectivity index is 2.09. The Kier molecular flexibility index (Phi) is 9.47. The molecule has 37 heavy (non-hydrogen) atoms. The van der Waals surface area contributed by atoms with Crippen LogP contribution >= 0.6 is 0 Å². The fourth-order valence-electron chi connectivity index (χ4n) is 4.27. The lowest BCUT2D eigenvalue weighted by Crippen LogP contribution is -2.51. The van der Waals surface area contributed by atoms with E-state index in [1.54, 1.807) is 36.4 Å². The van der Waals surface area contributed by atoms with Crippen LogP contribution in [0.3, 0.4) is 0 Å². The van der Waals surface area contributed by atoms with Crippen LogP contribution in [0.1, 0.15) is 37.0 Å². The van der Waals surface area contributed by atoms with E-state index in [9.17, 15) is 18.0 Å². The van der Waals surface area contributed by atoms with E-state index in [2.05, 4.69) is 5.32 Å². The van der Waals surface area contributed by atoms with E-state index in [1.807, 2.05) is 63.2 Å². The number of carbonyl (C=O) groups excluding carboxylic acids is 2. The Morgan fingerprint density at radius 3 is 2.11 bits per heavy atom. The zero-order chi connectivity index (χ0) is 27.0. The topological polar surface area (TPSA) is 86.8 Å². The Morgan fingerprint density at radius 1 is 0.892 bits per heavy atom. The monoisotopic (exact) mass is 521 g/mol. The van der Waals surface area contributed by atoms with Crippen LogP contribution in [0, 0.1) is 6.92 Å². The van der Waals surface area contributed by atoms with Gasteiger partial charge in [-0.3, -0.25) is 13.9 Å². The highest BCUT2D eigenvalue weighted by molar-refractivity contribution is 7.92. The van der Waals surface area contributed by atoms with Crippen molar-refractivity contribution in [1.82, 2.24) is 10.2 Å². The summed E-state index contributed by atoms with van der Waals surface area (Å²) in [6.45, 7) is 5.40. The molecule has 0 unspecified atom stereocenters. The first-order valence-corrected chi connectivity index (χ1v) is 13.9. The second-order valence-electron chi connectivity index (χ2n) is 8.85. The van der Waals surface area contributed by atoms with Crippen molar-refractivity contribution in [3.8, 4) is 0 Å². The second-order valence-corrected chi connectivity index (χ2v) is 10.7. The SMILES string of the molecule is CCc1ccccc1N(CC(=O)N(Cc1ccccc1)[C@@H](CC)C(=O)NC)S(=O)(=O)c1ccc(C)cc1. The van der Waals surface area contributed by atoms with E-state index in [1.165, 1.54) is 16.3 Å². The Labute approximate surface area is 220 Å². The summed E-state index contributed by atoms with van der Waals surface area (Å²) in [4.78, 5) is 28.2. The van der Waals surface area contributed by atoms with Gasteiger partial charge in [0, 0.05) is 13.6 Å². The van der Waals surface area contributed by atoms with Crippen molar-refractivity contribution in [3.63, 3.8) is 0 Å². The van der Waals surface area contributed by atoms with Crippen LogP contribution < -0.4 is 9.62 Å². The molecule has 0 radical (unpaired) electrons. The summed E-state index contributed by atoms with van der Waals surface area (Å²) >= 11 is 0. The van der Waals surface area contributed by atoms with Crippen molar-refractivity contribution in [2.45, 2.75) is 51.1 Å². The molecule has 0 bridgehead atoms. The third kappa shape index (κ3) is 6.57. The molecule has 0 aliphatic rings. The molecule has 3 aromatic carbocycles. The van der Waals surface area contributed by atoms with Gasteiger partial charge in [0.15, 0.2) is 0 Å². The van der Waals surface area contributed by atoms with Crippen LogP contribution in [0.25, 0.3) is 0 Å². The quantitative estimate of drug-likeness (QED) is 0.408. The molecule has 3 aromatic rings. The number of hydrogen-bond donors (Lipinski definition) is 1. The summed E-state index contributed by atoms with van der Waals surface area (Å²) in [5.41, 5.74) is 3.03. The van der Waals surface area contributed by atoms with Crippen LogP contribution in [0.15, 0.2) is 83.8 Å². The summed E-state index contributed by atoms with van der Waals surface area (Å²) in [6.07, 6.45) is 0.975. The minimum Gasteiger partial charge on any atom is -0.357 e.